The number of aliphatic hydroxyl groups is 3. The molecule has 0 heterocycles. The zero-order valence-electron chi connectivity index (χ0n) is 19.3. The molecule has 12 atom stereocenters. The van der Waals surface area contributed by atoms with Crippen LogP contribution in [0.15, 0.2) is 0 Å². The first kappa shape index (κ1) is 21.1. The van der Waals surface area contributed by atoms with Crippen LogP contribution >= 0.6 is 0 Å². The molecule has 7 rings (SSSR count). The van der Waals surface area contributed by atoms with Crippen molar-refractivity contribution in [3.05, 3.63) is 0 Å². The summed E-state index contributed by atoms with van der Waals surface area (Å²) in [5.74, 6) is -2.53. The summed E-state index contributed by atoms with van der Waals surface area (Å²) in [6, 6.07) is 0. The highest BCUT2D eigenvalue weighted by Crippen LogP contribution is 3.05. The van der Waals surface area contributed by atoms with Crippen LogP contribution < -0.4 is 0 Å². The molecule has 0 aromatic rings. The molecule has 8 nitrogen and oxygen atoms in total. The summed E-state index contributed by atoms with van der Waals surface area (Å²) < 4.78 is 11.9. The molecule has 0 aromatic carbocycles. The Balaban J connectivity index is 1.80. The van der Waals surface area contributed by atoms with Crippen molar-refractivity contribution in [1.29, 1.82) is 0 Å². The predicted molar refractivity (Wildman–Crippen MR) is 108 cm³/mol. The van der Waals surface area contributed by atoms with E-state index in [9.17, 15) is 29.7 Å². The summed E-state index contributed by atoms with van der Waals surface area (Å²) in [6.07, 6.45) is -4.35. The third kappa shape index (κ3) is 1.30. The summed E-state index contributed by atoms with van der Waals surface area (Å²) in [5, 5.41) is 35.2. The van der Waals surface area contributed by atoms with Gasteiger partial charge in [-0.3, -0.25) is 14.4 Å². The maximum atomic E-state index is 14.1. The maximum absolute atomic E-state index is 14.1. The Kier molecular flexibility index (Phi) is 3.36. The molecule has 7 aliphatic carbocycles. The fourth-order valence-corrected chi connectivity index (χ4v) is 12.0. The van der Waals surface area contributed by atoms with E-state index in [2.05, 4.69) is 0 Å². The second kappa shape index (κ2) is 5.10. The second-order valence-corrected chi connectivity index (χ2v) is 12.2. The number of aliphatic hydroxyl groups excluding tert-OH is 3. The number of Topliss-reactive ketones (excluding diaryl/α,β-unsaturated/α-hetero) is 1. The molecule has 176 valence electrons. The van der Waals surface area contributed by atoms with Gasteiger partial charge >= 0.3 is 11.9 Å². The van der Waals surface area contributed by atoms with Gasteiger partial charge in [-0.1, -0.05) is 27.7 Å². The van der Waals surface area contributed by atoms with Gasteiger partial charge in [-0.2, -0.15) is 0 Å². The first-order valence-electron chi connectivity index (χ1n) is 11.6. The Hall–Kier alpha value is -1.51. The van der Waals surface area contributed by atoms with E-state index in [0.29, 0.717) is 12.8 Å². The van der Waals surface area contributed by atoms with Gasteiger partial charge in [-0.15, -0.1) is 0 Å². The number of carbonyl (C=O) groups is 3. The molecule has 32 heavy (non-hydrogen) atoms. The highest BCUT2D eigenvalue weighted by Gasteiger charge is 3.12. The Bertz CT molecular complexity index is 1010. The Morgan fingerprint density at radius 1 is 0.906 bits per heavy atom. The zero-order chi connectivity index (χ0) is 23.6. The summed E-state index contributed by atoms with van der Waals surface area (Å²) in [6.45, 7) is 10.3. The smallest absolute Gasteiger partial charge is 0.303 e. The van der Waals surface area contributed by atoms with E-state index in [1.807, 2.05) is 20.8 Å². The van der Waals surface area contributed by atoms with E-state index < -0.39 is 86.8 Å². The first-order valence-corrected chi connectivity index (χ1v) is 11.6. The van der Waals surface area contributed by atoms with Gasteiger partial charge in [0.25, 0.3) is 0 Å². The van der Waals surface area contributed by atoms with Crippen LogP contribution in [0, 0.1) is 44.3 Å². The van der Waals surface area contributed by atoms with Gasteiger partial charge in [0.15, 0.2) is 0 Å². The number of carbonyl (C=O) groups excluding carboxylic acids is 3. The van der Waals surface area contributed by atoms with Crippen LogP contribution in [0.4, 0.5) is 0 Å². The number of ether oxygens (including phenoxy) is 2. The van der Waals surface area contributed by atoms with Crippen molar-refractivity contribution in [3.8, 4) is 0 Å². The lowest BCUT2D eigenvalue weighted by Crippen LogP contribution is -2.89. The minimum atomic E-state index is -1.28. The topological polar surface area (TPSA) is 130 Å². The minimum absolute atomic E-state index is 0.172. The van der Waals surface area contributed by atoms with E-state index >= 15 is 0 Å². The summed E-state index contributed by atoms with van der Waals surface area (Å²) >= 11 is 0. The van der Waals surface area contributed by atoms with E-state index in [0.717, 1.165) is 0 Å². The lowest BCUT2D eigenvalue weighted by Gasteiger charge is -2.83. The van der Waals surface area contributed by atoms with E-state index in [1.165, 1.54) is 13.8 Å². The van der Waals surface area contributed by atoms with E-state index in [4.69, 9.17) is 9.47 Å². The van der Waals surface area contributed by atoms with Crippen LogP contribution in [0.2, 0.25) is 0 Å². The van der Waals surface area contributed by atoms with Crippen molar-refractivity contribution >= 4 is 17.7 Å². The van der Waals surface area contributed by atoms with Gasteiger partial charge in [0, 0.05) is 46.8 Å². The lowest BCUT2D eigenvalue weighted by atomic mass is 9.18. The lowest BCUT2D eigenvalue weighted by molar-refractivity contribution is -0.424. The molecule has 8 heteroatoms. The average molecular weight is 449 g/mol. The van der Waals surface area contributed by atoms with Crippen LogP contribution in [0.1, 0.15) is 54.4 Å². The SMILES string of the molecule is CC(=O)O[C@@H]1C2C3C(=O)[C@]4(C)[C@@]5([C@@H]3O)[C@@H](O)CC[C@@]3(C)[C@@H](O)[C@H](OC(C)=O)[C@]4(C2(C)C)[C@@]153. The first-order chi connectivity index (χ1) is 14.7. The van der Waals surface area contributed by atoms with Gasteiger partial charge in [0.1, 0.15) is 18.0 Å². The number of hydrogen-bond donors (Lipinski definition) is 3. The molecule has 0 amide bonds. The van der Waals surface area contributed by atoms with Gasteiger partial charge < -0.3 is 24.8 Å². The number of esters is 2. The quantitative estimate of drug-likeness (QED) is 0.524. The van der Waals surface area contributed by atoms with Crippen LogP contribution in [0.3, 0.4) is 0 Å². The average Bonchev–Trinajstić information content (AvgIpc) is 2.89. The molecule has 0 radical (unpaired) electrons. The fraction of sp³-hybridized carbons (Fsp3) is 0.875. The van der Waals surface area contributed by atoms with E-state index in [-0.39, 0.29) is 5.78 Å². The molecule has 7 saturated carbocycles. The van der Waals surface area contributed by atoms with Crippen molar-refractivity contribution in [3.63, 3.8) is 0 Å². The van der Waals surface area contributed by atoms with Crippen molar-refractivity contribution in [1.82, 2.24) is 0 Å². The fourth-order valence-electron chi connectivity index (χ4n) is 12.0. The van der Waals surface area contributed by atoms with Crippen molar-refractivity contribution in [2.24, 2.45) is 44.3 Å². The summed E-state index contributed by atoms with van der Waals surface area (Å²) in [7, 11) is 0. The standard InChI is InChI=1S/C24H32O8/c1-9(25)31-17-13-12-14(28)21(6)22(15(12)29)11(27)7-8-20(5)16(30)18(32-10(2)26)23(21,19(13,3)4)24(17,20)22/h11-13,15-18,27,29-30H,7-8H2,1-6H3/t11-,12?,13?,15+,16-,17+,18-,20-,21+,22-,23+,24+/m0/s1. The molecule has 6 bridgehead atoms. The van der Waals surface area contributed by atoms with Crippen LogP contribution in [0.25, 0.3) is 0 Å². The molecule has 0 aliphatic heterocycles. The Labute approximate surface area is 186 Å². The molecule has 7 fully saturated rings. The number of hydrogen-bond acceptors (Lipinski definition) is 8. The molecular formula is C24H32O8. The monoisotopic (exact) mass is 448 g/mol. The Morgan fingerprint density at radius 3 is 2.03 bits per heavy atom. The third-order valence-electron chi connectivity index (χ3n) is 11.8. The van der Waals surface area contributed by atoms with E-state index in [1.54, 1.807) is 6.92 Å². The highest BCUT2D eigenvalue weighted by molar-refractivity contribution is 5.99. The van der Waals surface area contributed by atoms with Gasteiger partial charge in [0.05, 0.1) is 24.2 Å². The molecule has 2 unspecified atom stereocenters. The van der Waals surface area contributed by atoms with Crippen molar-refractivity contribution in [2.75, 3.05) is 0 Å². The number of rotatable bonds is 2. The largest absolute Gasteiger partial charge is 0.462 e. The molecule has 7 aliphatic rings. The molecule has 3 N–H and O–H groups in total. The van der Waals surface area contributed by atoms with Gasteiger partial charge in [0.2, 0.25) is 0 Å². The Morgan fingerprint density at radius 2 is 1.47 bits per heavy atom. The molecule has 0 aromatic heterocycles. The maximum Gasteiger partial charge on any atom is 0.303 e. The number of ketones is 1. The predicted octanol–water partition coefficient (Wildman–Crippen LogP) is 0.594. The molecule has 0 saturated heterocycles. The normalized spacial score (nSPS) is 61.9. The van der Waals surface area contributed by atoms with Crippen LogP contribution in [0.5, 0.6) is 0 Å². The van der Waals surface area contributed by atoms with Crippen molar-refractivity contribution < 1.29 is 39.2 Å². The molecule has 3 spiro atoms. The second-order valence-electron chi connectivity index (χ2n) is 12.2. The van der Waals surface area contributed by atoms with Crippen LogP contribution in [-0.2, 0) is 23.9 Å². The minimum Gasteiger partial charge on any atom is -0.462 e. The van der Waals surface area contributed by atoms with Gasteiger partial charge in [-0.25, -0.2) is 0 Å². The van der Waals surface area contributed by atoms with Gasteiger partial charge in [-0.05, 0) is 18.3 Å². The highest BCUT2D eigenvalue weighted by atomic mass is 16.6. The van der Waals surface area contributed by atoms with Crippen molar-refractivity contribution in [2.45, 2.75) is 84.9 Å². The summed E-state index contributed by atoms with van der Waals surface area (Å²) in [4.78, 5) is 38.8. The summed E-state index contributed by atoms with van der Waals surface area (Å²) in [5.41, 5.74) is -6.39. The van der Waals surface area contributed by atoms with Crippen LogP contribution in [-0.4, -0.2) is 63.6 Å². The third-order valence-corrected chi connectivity index (χ3v) is 11.8. The molecular weight excluding hydrogens is 416 g/mol. The zero-order valence-corrected chi connectivity index (χ0v) is 19.3.